The normalized spacial score (nSPS) is 15.1. The van der Waals surface area contributed by atoms with E-state index in [9.17, 15) is 22.8 Å². The molecule has 0 radical (unpaired) electrons. The van der Waals surface area contributed by atoms with Crippen LogP contribution in [0.25, 0.3) is 10.9 Å². The van der Waals surface area contributed by atoms with Crippen molar-refractivity contribution < 1.29 is 22.7 Å². The second kappa shape index (κ2) is 7.69. The first-order valence-electron chi connectivity index (χ1n) is 9.21. The van der Waals surface area contributed by atoms with Gasteiger partial charge in [0.25, 0.3) is 5.56 Å². The van der Waals surface area contributed by atoms with Crippen molar-refractivity contribution in [2.75, 3.05) is 0 Å². The zero-order valence-electron chi connectivity index (χ0n) is 15.3. The smallest absolute Gasteiger partial charge is 0.280 e. The van der Waals surface area contributed by atoms with E-state index in [0.29, 0.717) is 49.1 Å². The number of halogens is 3. The Hall–Kier alpha value is -3.16. The van der Waals surface area contributed by atoms with Gasteiger partial charge in [0.05, 0.1) is 29.9 Å². The van der Waals surface area contributed by atoms with Crippen LogP contribution in [-0.2, 0) is 11.3 Å². The van der Waals surface area contributed by atoms with Gasteiger partial charge in [-0.1, -0.05) is 0 Å². The molecule has 0 bridgehead atoms. The minimum absolute atomic E-state index is 0.105. The summed E-state index contributed by atoms with van der Waals surface area (Å²) in [5.41, 5.74) is -0.412. The summed E-state index contributed by atoms with van der Waals surface area (Å²) in [4.78, 5) is 27.3. The molecule has 0 N–H and O–H groups in total. The fourth-order valence-electron chi connectivity index (χ4n) is 3.51. The molecule has 1 saturated carbocycles. The molecule has 150 valence electrons. The third-order valence-electron chi connectivity index (χ3n) is 5.05. The molecule has 1 heterocycles. The van der Waals surface area contributed by atoms with Gasteiger partial charge in [0.1, 0.15) is 29.0 Å². The number of rotatable bonds is 4. The van der Waals surface area contributed by atoms with Crippen LogP contribution in [0.1, 0.15) is 31.2 Å². The largest absolute Gasteiger partial charge is 0.490 e. The maximum Gasteiger partial charge on any atom is 0.280 e. The van der Waals surface area contributed by atoms with Crippen molar-refractivity contribution in [1.82, 2.24) is 9.55 Å². The fourth-order valence-corrected chi connectivity index (χ4v) is 3.51. The van der Waals surface area contributed by atoms with Crippen LogP contribution in [0.5, 0.6) is 5.75 Å². The van der Waals surface area contributed by atoms with E-state index in [1.54, 1.807) is 12.1 Å². The molecule has 1 aliphatic rings. The highest BCUT2D eigenvalue weighted by molar-refractivity contribution is 5.80. The molecular weight excluding hydrogens is 385 g/mol. The van der Waals surface area contributed by atoms with E-state index in [0.717, 1.165) is 0 Å². The summed E-state index contributed by atoms with van der Waals surface area (Å²) in [6, 6.07) is 6.02. The fraction of sp³-hybridized carbons (Fsp3) is 0.286. The Morgan fingerprint density at radius 1 is 1.03 bits per heavy atom. The van der Waals surface area contributed by atoms with E-state index in [1.807, 2.05) is 0 Å². The molecule has 0 atom stereocenters. The lowest BCUT2D eigenvalue weighted by Gasteiger charge is -2.22. The van der Waals surface area contributed by atoms with Gasteiger partial charge in [-0.3, -0.25) is 9.59 Å². The zero-order chi connectivity index (χ0) is 20.5. The van der Waals surface area contributed by atoms with E-state index >= 15 is 0 Å². The molecule has 0 unspecified atom stereocenters. The summed E-state index contributed by atoms with van der Waals surface area (Å²) >= 11 is 0. The Morgan fingerprint density at radius 3 is 2.41 bits per heavy atom. The molecule has 29 heavy (non-hydrogen) atoms. The first-order valence-corrected chi connectivity index (χ1v) is 9.21. The highest BCUT2D eigenvalue weighted by Crippen LogP contribution is 2.25. The number of ketones is 1. The van der Waals surface area contributed by atoms with Gasteiger partial charge in [-0.05, 0) is 31.0 Å². The maximum atomic E-state index is 14.0. The van der Waals surface area contributed by atoms with Gasteiger partial charge in [-0.2, -0.15) is 4.98 Å². The van der Waals surface area contributed by atoms with Crippen molar-refractivity contribution in [2.24, 2.45) is 0 Å². The Morgan fingerprint density at radius 2 is 1.72 bits per heavy atom. The Bertz CT molecular complexity index is 1130. The number of hydrogen-bond acceptors (Lipinski definition) is 4. The van der Waals surface area contributed by atoms with Gasteiger partial charge in [-0.25, -0.2) is 13.2 Å². The minimum Gasteiger partial charge on any atom is -0.490 e. The number of benzene rings is 2. The predicted molar refractivity (Wildman–Crippen MR) is 99.3 cm³/mol. The monoisotopic (exact) mass is 402 g/mol. The van der Waals surface area contributed by atoms with E-state index in [4.69, 9.17) is 4.74 Å². The second-order valence-electron chi connectivity index (χ2n) is 7.06. The Kier molecular flexibility index (Phi) is 5.08. The standard InChI is InChI=1S/C21H17F3N2O3/c22-12-7-18(23)17(19(24)8-12)10-26-11-25-21(28)16-9-15(5-6-20(16)26)29-14-3-1-13(27)2-4-14/h5-9,11,14H,1-4,10H2. The molecule has 0 saturated heterocycles. The third kappa shape index (κ3) is 4.01. The van der Waals surface area contributed by atoms with Gasteiger partial charge < -0.3 is 9.30 Å². The number of nitrogens with zero attached hydrogens (tertiary/aromatic N) is 2. The van der Waals surface area contributed by atoms with Gasteiger partial charge in [0.2, 0.25) is 0 Å². The van der Waals surface area contributed by atoms with Crippen molar-refractivity contribution in [3.8, 4) is 5.75 Å². The number of carbonyl (C=O) groups is 1. The van der Waals surface area contributed by atoms with Crippen LogP contribution in [0.4, 0.5) is 13.2 Å². The molecule has 1 fully saturated rings. The quantitative estimate of drug-likeness (QED) is 0.667. The third-order valence-corrected chi connectivity index (χ3v) is 5.05. The molecule has 8 heteroatoms. The number of Topliss-reactive ketones (excluding diaryl/α,β-unsaturated/α-hetero) is 1. The molecule has 0 aliphatic heterocycles. The topological polar surface area (TPSA) is 61.2 Å². The maximum absolute atomic E-state index is 14.0. The molecule has 4 rings (SSSR count). The SMILES string of the molecule is O=C1CCC(Oc2ccc3c(c2)c(=O)ncn3Cc2c(F)cc(F)cc2F)CC1. The minimum atomic E-state index is -1.01. The first kappa shape index (κ1) is 19.2. The van der Waals surface area contributed by atoms with Gasteiger partial charge >= 0.3 is 0 Å². The molecular formula is C21H17F3N2O3. The lowest BCUT2D eigenvalue weighted by molar-refractivity contribution is -0.121. The summed E-state index contributed by atoms with van der Waals surface area (Å²) in [6.45, 7) is -0.257. The summed E-state index contributed by atoms with van der Waals surface area (Å²) in [5, 5.41) is 0.236. The van der Waals surface area contributed by atoms with Crippen LogP contribution in [0.3, 0.4) is 0 Å². The molecule has 3 aromatic rings. The van der Waals surface area contributed by atoms with Crippen molar-refractivity contribution in [2.45, 2.75) is 38.3 Å². The molecule has 0 amide bonds. The van der Waals surface area contributed by atoms with Crippen LogP contribution in [0.2, 0.25) is 0 Å². The van der Waals surface area contributed by atoms with Crippen LogP contribution in [0.15, 0.2) is 41.5 Å². The highest BCUT2D eigenvalue weighted by atomic mass is 19.1. The Labute approximate surface area is 163 Å². The van der Waals surface area contributed by atoms with Gasteiger partial charge in [0.15, 0.2) is 0 Å². The highest BCUT2D eigenvalue weighted by Gasteiger charge is 2.20. The second-order valence-corrected chi connectivity index (χ2v) is 7.06. The van der Waals surface area contributed by atoms with Crippen LogP contribution in [0, 0.1) is 17.5 Å². The van der Waals surface area contributed by atoms with Crippen molar-refractivity contribution >= 4 is 16.7 Å². The Balaban J connectivity index is 1.66. The van der Waals surface area contributed by atoms with Gasteiger partial charge in [0, 0.05) is 30.5 Å². The first-order chi connectivity index (χ1) is 13.9. The van der Waals surface area contributed by atoms with Crippen LogP contribution < -0.4 is 10.3 Å². The number of ether oxygens (including phenoxy) is 1. The lowest BCUT2D eigenvalue weighted by atomic mass is 9.96. The van der Waals surface area contributed by atoms with Crippen molar-refractivity contribution in [1.29, 1.82) is 0 Å². The van der Waals surface area contributed by atoms with E-state index in [1.165, 1.54) is 17.0 Å². The molecule has 0 spiro atoms. The summed E-state index contributed by atoms with van der Waals surface area (Å²) in [7, 11) is 0. The number of fused-ring (bicyclic) bond motifs is 1. The molecule has 5 nitrogen and oxygen atoms in total. The number of aromatic nitrogens is 2. The van der Waals surface area contributed by atoms with Crippen molar-refractivity contribution in [3.05, 3.63) is 70.0 Å². The van der Waals surface area contributed by atoms with E-state index in [-0.39, 0.29) is 29.4 Å². The summed E-state index contributed by atoms with van der Waals surface area (Å²) < 4.78 is 48.5. The molecule has 1 aliphatic carbocycles. The van der Waals surface area contributed by atoms with Crippen LogP contribution >= 0.6 is 0 Å². The van der Waals surface area contributed by atoms with E-state index < -0.39 is 23.0 Å². The lowest BCUT2D eigenvalue weighted by Crippen LogP contribution is -2.24. The van der Waals surface area contributed by atoms with Gasteiger partial charge in [-0.15, -0.1) is 0 Å². The average molecular weight is 402 g/mol. The predicted octanol–water partition coefficient (Wildman–Crippen LogP) is 3.75. The van der Waals surface area contributed by atoms with E-state index in [2.05, 4.69) is 4.98 Å². The summed E-state index contributed by atoms with van der Waals surface area (Å²) in [5.74, 6) is -2.34. The zero-order valence-corrected chi connectivity index (χ0v) is 15.3. The van der Waals surface area contributed by atoms with Crippen molar-refractivity contribution in [3.63, 3.8) is 0 Å². The number of hydrogen-bond donors (Lipinski definition) is 0. The molecule has 1 aromatic heterocycles. The number of carbonyl (C=O) groups excluding carboxylic acids is 1. The molecule has 2 aromatic carbocycles. The summed E-state index contributed by atoms with van der Waals surface area (Å²) in [6.07, 6.45) is 3.28. The van der Waals surface area contributed by atoms with Crippen LogP contribution in [-0.4, -0.2) is 21.4 Å². The average Bonchev–Trinajstić information content (AvgIpc) is 2.68.